The molecule has 106 valence electrons. The Kier molecular flexibility index (Phi) is 4.94. The lowest BCUT2D eigenvalue weighted by atomic mass is 10.0. The lowest BCUT2D eigenvalue weighted by Crippen LogP contribution is -2.01. The third kappa shape index (κ3) is 3.46. The van der Waals surface area contributed by atoms with Gasteiger partial charge < -0.3 is 10.2 Å². The van der Waals surface area contributed by atoms with Crippen molar-refractivity contribution in [2.45, 2.75) is 12.5 Å². The summed E-state index contributed by atoms with van der Waals surface area (Å²) in [6.45, 7) is -0.140. The Morgan fingerprint density at radius 1 is 1.20 bits per heavy atom. The van der Waals surface area contributed by atoms with Crippen LogP contribution in [0.15, 0.2) is 30.3 Å². The van der Waals surface area contributed by atoms with Crippen molar-refractivity contribution in [1.82, 2.24) is 4.98 Å². The van der Waals surface area contributed by atoms with Crippen LogP contribution in [-0.2, 0) is 0 Å². The average Bonchev–Trinajstić information content (AvgIpc) is 2.41. The Balaban J connectivity index is 2.43. The molecule has 0 aliphatic carbocycles. The van der Waals surface area contributed by atoms with E-state index >= 15 is 0 Å². The van der Waals surface area contributed by atoms with Crippen molar-refractivity contribution in [2.24, 2.45) is 0 Å². The molecule has 1 aromatic heterocycles. The molecule has 20 heavy (non-hydrogen) atoms. The van der Waals surface area contributed by atoms with Crippen LogP contribution in [0, 0.1) is 5.82 Å². The molecule has 0 amide bonds. The number of hydrogen-bond acceptors (Lipinski definition) is 3. The molecule has 0 spiro atoms. The van der Waals surface area contributed by atoms with Crippen LogP contribution in [0.4, 0.5) is 4.39 Å². The second kappa shape index (κ2) is 6.50. The average molecular weight is 316 g/mol. The van der Waals surface area contributed by atoms with Gasteiger partial charge in [-0.1, -0.05) is 23.2 Å². The number of pyridine rings is 1. The van der Waals surface area contributed by atoms with E-state index in [1.165, 1.54) is 24.3 Å². The van der Waals surface area contributed by atoms with E-state index in [0.29, 0.717) is 16.8 Å². The number of aromatic nitrogens is 1. The number of rotatable bonds is 4. The van der Waals surface area contributed by atoms with Crippen molar-refractivity contribution in [1.29, 1.82) is 0 Å². The van der Waals surface area contributed by atoms with E-state index in [2.05, 4.69) is 4.98 Å². The summed E-state index contributed by atoms with van der Waals surface area (Å²) in [5, 5.41) is 18.9. The Labute approximate surface area is 125 Å². The second-order valence-corrected chi connectivity index (χ2v) is 5.06. The molecule has 3 nitrogen and oxygen atoms in total. The Hall–Kier alpha value is -1.20. The molecular formula is C14H12Cl2FNO2. The Morgan fingerprint density at radius 2 is 1.95 bits per heavy atom. The Bertz CT molecular complexity index is 622. The van der Waals surface area contributed by atoms with Gasteiger partial charge in [-0.05, 0) is 35.9 Å². The standard InChI is InChI=1S/C14H12Cl2FNO2/c15-10-5-8(1-2-11(10)17)12-6-9(7-14(16)18-12)13(20)3-4-19/h1-2,5-7,13,19-20H,3-4H2. The summed E-state index contributed by atoms with van der Waals surface area (Å²) >= 11 is 11.7. The highest BCUT2D eigenvalue weighted by molar-refractivity contribution is 6.31. The van der Waals surface area contributed by atoms with E-state index in [4.69, 9.17) is 28.3 Å². The topological polar surface area (TPSA) is 53.4 Å². The molecule has 2 N–H and O–H groups in total. The van der Waals surface area contributed by atoms with Gasteiger partial charge in [0.25, 0.3) is 0 Å². The lowest BCUT2D eigenvalue weighted by Gasteiger charge is -2.11. The van der Waals surface area contributed by atoms with Gasteiger partial charge in [0.1, 0.15) is 11.0 Å². The van der Waals surface area contributed by atoms with Gasteiger partial charge >= 0.3 is 0 Å². The van der Waals surface area contributed by atoms with Crippen LogP contribution in [0.3, 0.4) is 0 Å². The fourth-order valence-corrected chi connectivity index (χ4v) is 2.20. The van der Waals surface area contributed by atoms with E-state index in [0.717, 1.165) is 0 Å². The highest BCUT2D eigenvalue weighted by Crippen LogP contribution is 2.28. The molecule has 0 aliphatic heterocycles. The summed E-state index contributed by atoms with van der Waals surface area (Å²) in [7, 11) is 0. The molecule has 6 heteroatoms. The maximum Gasteiger partial charge on any atom is 0.141 e. The lowest BCUT2D eigenvalue weighted by molar-refractivity contribution is 0.134. The van der Waals surface area contributed by atoms with Crippen molar-refractivity contribution < 1.29 is 14.6 Å². The first kappa shape index (κ1) is 15.2. The number of aliphatic hydroxyl groups excluding tert-OH is 2. The quantitative estimate of drug-likeness (QED) is 0.847. The van der Waals surface area contributed by atoms with Gasteiger partial charge in [-0.15, -0.1) is 0 Å². The SMILES string of the molecule is OCCC(O)c1cc(Cl)nc(-c2ccc(F)c(Cl)c2)c1. The summed E-state index contributed by atoms with van der Waals surface area (Å²) in [6.07, 6.45) is -0.639. The van der Waals surface area contributed by atoms with Crippen molar-refractivity contribution in [2.75, 3.05) is 6.61 Å². The fourth-order valence-electron chi connectivity index (χ4n) is 1.80. The molecule has 0 bridgehead atoms. The molecule has 0 fully saturated rings. The number of hydrogen-bond donors (Lipinski definition) is 2. The monoisotopic (exact) mass is 315 g/mol. The van der Waals surface area contributed by atoms with Crippen molar-refractivity contribution in [3.05, 3.63) is 51.9 Å². The number of benzene rings is 1. The zero-order valence-electron chi connectivity index (χ0n) is 10.4. The van der Waals surface area contributed by atoms with Gasteiger partial charge in [0.05, 0.1) is 16.8 Å². The predicted molar refractivity (Wildman–Crippen MR) is 76.3 cm³/mol. The fraction of sp³-hybridized carbons (Fsp3) is 0.214. The largest absolute Gasteiger partial charge is 0.396 e. The predicted octanol–water partition coefficient (Wildman–Crippen LogP) is 3.61. The molecule has 2 aromatic rings. The van der Waals surface area contributed by atoms with Crippen molar-refractivity contribution in [3.8, 4) is 11.3 Å². The third-order valence-corrected chi connectivity index (χ3v) is 3.30. The molecular weight excluding hydrogens is 304 g/mol. The molecule has 0 radical (unpaired) electrons. The van der Waals surface area contributed by atoms with Crippen LogP contribution in [0.5, 0.6) is 0 Å². The minimum Gasteiger partial charge on any atom is -0.396 e. The van der Waals surface area contributed by atoms with Crippen LogP contribution in [-0.4, -0.2) is 21.8 Å². The van der Waals surface area contributed by atoms with Gasteiger partial charge in [-0.2, -0.15) is 0 Å². The minimum absolute atomic E-state index is 0.0123. The second-order valence-electron chi connectivity index (χ2n) is 4.27. The highest BCUT2D eigenvalue weighted by atomic mass is 35.5. The molecule has 1 atom stereocenters. The zero-order chi connectivity index (χ0) is 14.7. The first-order chi connectivity index (χ1) is 9.51. The summed E-state index contributed by atoms with van der Waals surface area (Å²) in [5.74, 6) is -0.516. The van der Waals surface area contributed by atoms with E-state index in [9.17, 15) is 9.50 Å². The van der Waals surface area contributed by atoms with E-state index in [1.807, 2.05) is 0 Å². The summed E-state index contributed by atoms with van der Waals surface area (Å²) in [4.78, 5) is 4.13. The molecule has 0 saturated carbocycles. The molecule has 2 rings (SSSR count). The van der Waals surface area contributed by atoms with Crippen molar-refractivity contribution in [3.63, 3.8) is 0 Å². The number of aliphatic hydroxyl groups is 2. The first-order valence-corrected chi connectivity index (χ1v) is 6.68. The van der Waals surface area contributed by atoms with Crippen LogP contribution in [0.25, 0.3) is 11.3 Å². The van der Waals surface area contributed by atoms with E-state index in [-0.39, 0.29) is 23.2 Å². The van der Waals surface area contributed by atoms with Crippen LogP contribution in [0.1, 0.15) is 18.1 Å². The van der Waals surface area contributed by atoms with Crippen molar-refractivity contribution >= 4 is 23.2 Å². The molecule has 0 aliphatic rings. The van der Waals surface area contributed by atoms with Gasteiger partial charge in [0.2, 0.25) is 0 Å². The normalized spacial score (nSPS) is 12.4. The summed E-state index contributed by atoms with van der Waals surface area (Å²) < 4.78 is 13.2. The third-order valence-electron chi connectivity index (χ3n) is 2.82. The van der Waals surface area contributed by atoms with Crippen LogP contribution < -0.4 is 0 Å². The summed E-state index contributed by atoms with van der Waals surface area (Å²) in [6, 6.07) is 7.37. The number of nitrogens with zero attached hydrogens (tertiary/aromatic N) is 1. The maximum atomic E-state index is 13.2. The molecule has 1 aromatic carbocycles. The van der Waals surface area contributed by atoms with Gasteiger partial charge in [0, 0.05) is 18.6 Å². The number of halogens is 3. The van der Waals surface area contributed by atoms with Gasteiger partial charge in [0.15, 0.2) is 0 Å². The van der Waals surface area contributed by atoms with Gasteiger partial charge in [-0.3, -0.25) is 0 Å². The first-order valence-electron chi connectivity index (χ1n) is 5.93. The Morgan fingerprint density at radius 3 is 2.60 bits per heavy atom. The van der Waals surface area contributed by atoms with Gasteiger partial charge in [-0.25, -0.2) is 9.37 Å². The molecule has 1 heterocycles. The molecule has 0 saturated heterocycles. The van der Waals surface area contributed by atoms with E-state index in [1.54, 1.807) is 6.07 Å². The molecule has 1 unspecified atom stereocenters. The smallest absolute Gasteiger partial charge is 0.141 e. The van der Waals surface area contributed by atoms with Crippen LogP contribution in [0.2, 0.25) is 10.2 Å². The maximum absolute atomic E-state index is 13.2. The highest BCUT2D eigenvalue weighted by Gasteiger charge is 2.12. The summed E-state index contributed by atoms with van der Waals surface area (Å²) in [5.41, 5.74) is 1.61. The van der Waals surface area contributed by atoms with Crippen LogP contribution >= 0.6 is 23.2 Å². The van der Waals surface area contributed by atoms with E-state index < -0.39 is 11.9 Å². The minimum atomic E-state index is -0.838. The zero-order valence-corrected chi connectivity index (χ0v) is 11.9.